The molecule has 0 atom stereocenters. The Kier molecular flexibility index (Phi) is 6.07. The van der Waals surface area contributed by atoms with E-state index in [1.807, 2.05) is 56.3 Å². The fourth-order valence-corrected chi connectivity index (χ4v) is 3.68. The Balaban J connectivity index is 0.000000847. The number of nitrogens with zero attached hydrogens (tertiary/aromatic N) is 1. The molecule has 0 bridgehead atoms. The molecular formula is C18H17HgN2O. The summed E-state index contributed by atoms with van der Waals surface area (Å²) < 4.78 is 1.04. The summed E-state index contributed by atoms with van der Waals surface area (Å²) in [6.07, 6.45) is 3.51. The molecule has 2 aromatic heterocycles. The first-order chi connectivity index (χ1) is 10.8. The number of rotatable bonds is 2. The Hall–Kier alpha value is -1.74. The van der Waals surface area contributed by atoms with Gasteiger partial charge in [0.25, 0.3) is 0 Å². The minimum atomic E-state index is -0.0180. The van der Waals surface area contributed by atoms with Crippen molar-refractivity contribution in [2.45, 2.75) is 13.8 Å². The molecule has 0 radical (unpaired) electrons. The van der Waals surface area contributed by atoms with Crippen LogP contribution in [-0.4, -0.2) is 9.97 Å². The molecule has 1 N–H and O–H groups in total. The Bertz CT molecular complexity index is 783. The number of hydrogen-bond acceptors (Lipinski definition) is 2. The fraction of sp³-hybridized carbons (Fsp3) is 0.111. The molecule has 4 heteroatoms. The van der Waals surface area contributed by atoms with Gasteiger partial charge in [-0.05, 0) is 0 Å². The maximum absolute atomic E-state index is 12.4. The van der Waals surface area contributed by atoms with E-state index >= 15 is 0 Å². The van der Waals surface area contributed by atoms with Gasteiger partial charge in [0.2, 0.25) is 0 Å². The number of benzene rings is 1. The summed E-state index contributed by atoms with van der Waals surface area (Å²) in [6.45, 7) is 4.00. The van der Waals surface area contributed by atoms with Crippen LogP contribution in [0.4, 0.5) is 0 Å². The minimum absolute atomic E-state index is 0.0180. The van der Waals surface area contributed by atoms with Crippen LogP contribution in [0.15, 0.2) is 65.7 Å². The van der Waals surface area contributed by atoms with E-state index in [-0.39, 0.29) is 5.56 Å². The third-order valence-electron chi connectivity index (χ3n) is 3.14. The van der Waals surface area contributed by atoms with E-state index in [1.165, 1.54) is 0 Å². The van der Waals surface area contributed by atoms with Crippen LogP contribution < -0.4 is 8.76 Å². The third-order valence-corrected chi connectivity index (χ3v) is 4.62. The van der Waals surface area contributed by atoms with E-state index in [9.17, 15) is 4.79 Å². The standard InChI is InChI=1S/C16H11N2O.C2H6.Hg/c19-16-15(13-4-2-1-3-5-13)14(8-11-18-16)12-6-9-17-10-7-12;1-2;/h1-10H,(H,18,19);1-2H3;. The van der Waals surface area contributed by atoms with Gasteiger partial charge in [-0.2, -0.15) is 0 Å². The monoisotopic (exact) mass is 479 g/mol. The zero-order valence-electron chi connectivity index (χ0n) is 12.8. The first-order valence-corrected chi connectivity index (χ1v) is 10.1. The summed E-state index contributed by atoms with van der Waals surface area (Å²) in [5.41, 5.74) is 3.65. The topological polar surface area (TPSA) is 45.8 Å². The molecule has 3 aromatic rings. The number of aromatic amines is 1. The van der Waals surface area contributed by atoms with Gasteiger partial charge in [-0.25, -0.2) is 0 Å². The van der Waals surface area contributed by atoms with Crippen molar-refractivity contribution in [1.29, 1.82) is 0 Å². The molecule has 3 rings (SSSR count). The molecule has 0 saturated heterocycles. The SMILES string of the molecule is CC.O=c1[nH][c]([Hg])cc(-c2ccncc2)c1-c1ccccc1. The molecular weight excluding hydrogens is 461 g/mol. The molecule has 22 heavy (non-hydrogen) atoms. The second-order valence-corrected chi connectivity index (χ2v) is 7.48. The summed E-state index contributed by atoms with van der Waals surface area (Å²) in [4.78, 5) is 19.4. The van der Waals surface area contributed by atoms with Crippen molar-refractivity contribution in [2.75, 3.05) is 0 Å². The first kappa shape index (κ1) is 16.6. The van der Waals surface area contributed by atoms with Crippen LogP contribution in [0.25, 0.3) is 22.3 Å². The number of aromatic nitrogens is 2. The fourth-order valence-electron chi connectivity index (χ4n) is 2.26. The summed E-state index contributed by atoms with van der Waals surface area (Å²) >= 11 is 0.380. The summed E-state index contributed by atoms with van der Waals surface area (Å²) in [7, 11) is 0. The van der Waals surface area contributed by atoms with Crippen LogP contribution in [0, 0.1) is 0 Å². The molecule has 0 aliphatic carbocycles. The quantitative estimate of drug-likeness (QED) is 0.576. The molecule has 0 aliphatic rings. The Morgan fingerprint density at radius 1 is 0.955 bits per heavy atom. The van der Waals surface area contributed by atoms with Crippen molar-refractivity contribution >= 4 is 3.20 Å². The number of hydrogen-bond donors (Lipinski definition) is 1. The predicted octanol–water partition coefficient (Wildman–Crippen LogP) is 3.30. The number of nitrogens with one attached hydrogen (secondary N) is 1. The predicted molar refractivity (Wildman–Crippen MR) is 86.7 cm³/mol. The van der Waals surface area contributed by atoms with Crippen LogP contribution in [0.5, 0.6) is 0 Å². The zero-order chi connectivity index (χ0) is 15.9. The van der Waals surface area contributed by atoms with E-state index in [0.29, 0.717) is 26.1 Å². The van der Waals surface area contributed by atoms with Gasteiger partial charge in [0, 0.05) is 0 Å². The molecule has 0 spiro atoms. The van der Waals surface area contributed by atoms with Crippen molar-refractivity contribution in [2.24, 2.45) is 0 Å². The van der Waals surface area contributed by atoms with Crippen LogP contribution in [-0.2, 0) is 26.1 Å². The Morgan fingerprint density at radius 2 is 1.59 bits per heavy atom. The van der Waals surface area contributed by atoms with Gasteiger partial charge in [-0.1, -0.05) is 13.8 Å². The normalized spacial score (nSPS) is 9.82. The van der Waals surface area contributed by atoms with Crippen molar-refractivity contribution in [3.63, 3.8) is 0 Å². The zero-order valence-corrected chi connectivity index (χ0v) is 18.3. The van der Waals surface area contributed by atoms with E-state index in [0.717, 1.165) is 25.5 Å². The molecule has 0 unspecified atom stereocenters. The van der Waals surface area contributed by atoms with Crippen LogP contribution in [0.2, 0.25) is 0 Å². The van der Waals surface area contributed by atoms with Gasteiger partial charge in [0.1, 0.15) is 0 Å². The summed E-state index contributed by atoms with van der Waals surface area (Å²) in [5, 5.41) is 0. The first-order valence-electron chi connectivity index (χ1n) is 7.31. The van der Waals surface area contributed by atoms with Gasteiger partial charge in [0.15, 0.2) is 0 Å². The molecule has 107 valence electrons. The molecule has 0 saturated carbocycles. The van der Waals surface area contributed by atoms with Crippen molar-refractivity contribution in [1.82, 2.24) is 9.97 Å². The van der Waals surface area contributed by atoms with Crippen LogP contribution >= 0.6 is 0 Å². The van der Waals surface area contributed by atoms with E-state index in [4.69, 9.17) is 0 Å². The average Bonchev–Trinajstić information content (AvgIpc) is 2.57. The van der Waals surface area contributed by atoms with Crippen LogP contribution in [0.1, 0.15) is 13.8 Å². The maximum atomic E-state index is 12.4. The van der Waals surface area contributed by atoms with Gasteiger partial charge in [0.05, 0.1) is 0 Å². The van der Waals surface area contributed by atoms with Gasteiger partial charge >= 0.3 is 133 Å². The average molecular weight is 478 g/mol. The second kappa shape index (κ2) is 8.04. The van der Waals surface area contributed by atoms with Crippen LogP contribution in [0.3, 0.4) is 0 Å². The Morgan fingerprint density at radius 3 is 2.23 bits per heavy atom. The molecule has 0 fully saturated rings. The summed E-state index contributed by atoms with van der Waals surface area (Å²) in [5.74, 6) is 0. The molecule has 2 heterocycles. The third kappa shape index (κ3) is 3.71. The van der Waals surface area contributed by atoms with Gasteiger partial charge < -0.3 is 0 Å². The molecule has 1 aromatic carbocycles. The van der Waals surface area contributed by atoms with E-state index in [2.05, 4.69) is 16.0 Å². The van der Waals surface area contributed by atoms with E-state index < -0.39 is 0 Å². The molecule has 0 amide bonds. The van der Waals surface area contributed by atoms with E-state index in [1.54, 1.807) is 12.4 Å². The number of H-pyrrole nitrogens is 1. The second-order valence-electron chi connectivity index (χ2n) is 4.51. The molecule has 3 nitrogen and oxygen atoms in total. The Labute approximate surface area is 146 Å². The summed E-state index contributed by atoms with van der Waals surface area (Å²) in [6, 6.07) is 15.7. The number of pyridine rings is 2. The van der Waals surface area contributed by atoms with Crippen molar-refractivity contribution in [3.8, 4) is 22.3 Å². The van der Waals surface area contributed by atoms with Gasteiger partial charge in [-0.3, -0.25) is 0 Å². The van der Waals surface area contributed by atoms with Crippen molar-refractivity contribution < 1.29 is 26.1 Å². The molecule has 0 aliphatic heterocycles. The van der Waals surface area contributed by atoms with Gasteiger partial charge in [-0.15, -0.1) is 0 Å². The van der Waals surface area contributed by atoms with Crippen molar-refractivity contribution in [3.05, 3.63) is 71.3 Å².